The Bertz CT molecular complexity index is 394. The molecule has 3 atom stereocenters. The summed E-state index contributed by atoms with van der Waals surface area (Å²) in [5, 5.41) is 12.2. The predicted octanol–water partition coefficient (Wildman–Crippen LogP) is 1.42. The van der Waals surface area contributed by atoms with E-state index in [0.29, 0.717) is 18.3 Å². The Morgan fingerprint density at radius 1 is 1.38 bits per heavy atom. The molecule has 6 nitrogen and oxygen atoms in total. The first kappa shape index (κ1) is 16.4. The summed E-state index contributed by atoms with van der Waals surface area (Å²) >= 11 is 1.55. The number of carboxylic acids is 1. The molecule has 3 unspecified atom stereocenters. The van der Waals surface area contributed by atoms with Crippen LogP contribution in [0.2, 0.25) is 0 Å². The van der Waals surface area contributed by atoms with E-state index in [1.165, 1.54) is 11.3 Å². The SMILES string of the molecule is CCC1SCC(C(=O)O)N1C(=O)NCC1CCCN1CC. The van der Waals surface area contributed by atoms with E-state index in [0.717, 1.165) is 25.9 Å². The van der Waals surface area contributed by atoms with Gasteiger partial charge in [-0.15, -0.1) is 11.8 Å². The molecule has 0 radical (unpaired) electrons. The highest BCUT2D eigenvalue weighted by Gasteiger charge is 2.41. The summed E-state index contributed by atoms with van der Waals surface area (Å²) in [5.74, 6) is -0.434. The Hall–Kier alpha value is -0.950. The van der Waals surface area contributed by atoms with Crippen LogP contribution in [0.4, 0.5) is 4.79 Å². The lowest BCUT2D eigenvalue weighted by molar-refractivity contribution is -0.141. The van der Waals surface area contributed by atoms with Crippen molar-refractivity contribution in [1.29, 1.82) is 0 Å². The van der Waals surface area contributed by atoms with Gasteiger partial charge in [-0.2, -0.15) is 0 Å². The van der Waals surface area contributed by atoms with Crippen LogP contribution in [-0.4, -0.2) is 69.8 Å². The third-order valence-corrected chi connectivity index (χ3v) is 5.81. The van der Waals surface area contributed by atoms with Gasteiger partial charge in [-0.05, 0) is 32.4 Å². The predicted molar refractivity (Wildman–Crippen MR) is 83.5 cm³/mol. The lowest BCUT2D eigenvalue weighted by Crippen LogP contribution is -2.52. The molecular formula is C14H25N3O3S. The maximum absolute atomic E-state index is 12.4. The lowest BCUT2D eigenvalue weighted by atomic mass is 10.2. The first-order valence-electron chi connectivity index (χ1n) is 7.73. The molecule has 2 aliphatic rings. The molecule has 2 fully saturated rings. The van der Waals surface area contributed by atoms with Gasteiger partial charge in [0.25, 0.3) is 0 Å². The summed E-state index contributed by atoms with van der Waals surface area (Å²) in [4.78, 5) is 27.6. The van der Waals surface area contributed by atoms with Crippen molar-refractivity contribution >= 4 is 23.8 Å². The maximum atomic E-state index is 12.4. The summed E-state index contributed by atoms with van der Waals surface area (Å²) in [6, 6.07) is -0.550. The van der Waals surface area contributed by atoms with Crippen LogP contribution in [0.25, 0.3) is 0 Å². The Labute approximate surface area is 130 Å². The van der Waals surface area contributed by atoms with Crippen molar-refractivity contribution in [2.45, 2.75) is 50.6 Å². The fourth-order valence-electron chi connectivity index (χ4n) is 3.18. The molecule has 21 heavy (non-hydrogen) atoms. The molecule has 0 saturated carbocycles. The van der Waals surface area contributed by atoms with E-state index in [-0.39, 0.29) is 11.4 Å². The second kappa shape index (κ2) is 7.35. The second-order valence-electron chi connectivity index (χ2n) is 5.57. The smallest absolute Gasteiger partial charge is 0.327 e. The van der Waals surface area contributed by atoms with Gasteiger partial charge in [-0.25, -0.2) is 9.59 Å². The normalized spacial score (nSPS) is 29.8. The highest BCUT2D eigenvalue weighted by molar-refractivity contribution is 8.00. The number of aliphatic carboxylic acids is 1. The van der Waals surface area contributed by atoms with Gasteiger partial charge in [0, 0.05) is 18.3 Å². The molecule has 2 N–H and O–H groups in total. The second-order valence-corrected chi connectivity index (χ2v) is 6.78. The topological polar surface area (TPSA) is 72.9 Å². The van der Waals surface area contributed by atoms with Crippen molar-refractivity contribution in [3.05, 3.63) is 0 Å². The van der Waals surface area contributed by atoms with Crippen molar-refractivity contribution in [2.75, 3.05) is 25.4 Å². The Kier molecular flexibility index (Phi) is 5.75. The number of carbonyl (C=O) groups is 2. The van der Waals surface area contributed by atoms with E-state index in [9.17, 15) is 14.7 Å². The molecule has 120 valence electrons. The van der Waals surface area contributed by atoms with E-state index < -0.39 is 12.0 Å². The first-order chi connectivity index (χ1) is 10.1. The summed E-state index contributed by atoms with van der Waals surface area (Å²) in [7, 11) is 0. The molecule has 0 spiro atoms. The number of amides is 2. The fraction of sp³-hybridized carbons (Fsp3) is 0.857. The maximum Gasteiger partial charge on any atom is 0.327 e. The minimum Gasteiger partial charge on any atom is -0.480 e. The van der Waals surface area contributed by atoms with E-state index in [2.05, 4.69) is 17.1 Å². The summed E-state index contributed by atoms with van der Waals surface area (Å²) < 4.78 is 0. The number of likely N-dealkylation sites (N-methyl/N-ethyl adjacent to an activating group) is 1. The molecular weight excluding hydrogens is 290 g/mol. The average molecular weight is 315 g/mol. The van der Waals surface area contributed by atoms with E-state index in [1.807, 2.05) is 6.92 Å². The van der Waals surface area contributed by atoms with Crippen LogP contribution < -0.4 is 5.32 Å². The van der Waals surface area contributed by atoms with E-state index in [1.54, 1.807) is 11.8 Å². The van der Waals surface area contributed by atoms with Crippen molar-refractivity contribution in [2.24, 2.45) is 0 Å². The minimum absolute atomic E-state index is 0.0306. The average Bonchev–Trinajstić information content (AvgIpc) is 3.10. The number of rotatable bonds is 5. The molecule has 0 aromatic heterocycles. The van der Waals surface area contributed by atoms with Crippen molar-refractivity contribution in [3.8, 4) is 0 Å². The third kappa shape index (κ3) is 3.63. The highest BCUT2D eigenvalue weighted by atomic mass is 32.2. The van der Waals surface area contributed by atoms with Crippen molar-refractivity contribution in [1.82, 2.24) is 15.1 Å². The Balaban J connectivity index is 1.92. The monoisotopic (exact) mass is 315 g/mol. The van der Waals surface area contributed by atoms with Crippen molar-refractivity contribution < 1.29 is 14.7 Å². The Morgan fingerprint density at radius 2 is 2.14 bits per heavy atom. The minimum atomic E-state index is -0.912. The molecule has 0 aromatic rings. The van der Waals surface area contributed by atoms with Gasteiger partial charge in [-0.1, -0.05) is 13.8 Å². The van der Waals surface area contributed by atoms with Gasteiger partial charge in [0.1, 0.15) is 6.04 Å². The molecule has 2 aliphatic heterocycles. The summed E-state index contributed by atoms with van der Waals surface area (Å²) in [5.41, 5.74) is 0. The largest absolute Gasteiger partial charge is 0.480 e. The number of nitrogens with zero attached hydrogens (tertiary/aromatic N) is 2. The molecule has 0 aliphatic carbocycles. The fourth-order valence-corrected chi connectivity index (χ4v) is 4.53. The van der Waals surface area contributed by atoms with Gasteiger partial charge in [0.05, 0.1) is 5.37 Å². The summed E-state index contributed by atoms with van der Waals surface area (Å²) in [6.07, 6.45) is 3.04. The number of thioether (sulfide) groups is 1. The van der Waals surface area contributed by atoms with Gasteiger partial charge >= 0.3 is 12.0 Å². The third-order valence-electron chi connectivity index (χ3n) is 4.36. The van der Waals surface area contributed by atoms with Crippen LogP contribution in [0, 0.1) is 0 Å². The number of urea groups is 1. The van der Waals surface area contributed by atoms with Crippen LogP contribution in [-0.2, 0) is 4.79 Å². The lowest BCUT2D eigenvalue weighted by Gasteiger charge is -2.29. The van der Waals surface area contributed by atoms with Gasteiger partial charge in [0.15, 0.2) is 0 Å². The molecule has 2 amide bonds. The molecule has 7 heteroatoms. The van der Waals surface area contributed by atoms with Crippen LogP contribution in [0.3, 0.4) is 0 Å². The number of carbonyl (C=O) groups excluding carboxylic acids is 1. The zero-order valence-corrected chi connectivity index (χ0v) is 13.6. The standard InChI is InChI=1S/C14H25N3O3S/c1-3-12-17(11(9-21-12)13(18)19)14(20)15-8-10-6-5-7-16(10)4-2/h10-12H,3-9H2,1-2H3,(H,15,20)(H,18,19). The Morgan fingerprint density at radius 3 is 2.76 bits per heavy atom. The van der Waals surface area contributed by atoms with Crippen LogP contribution in [0.1, 0.15) is 33.1 Å². The molecule has 2 saturated heterocycles. The quantitative estimate of drug-likeness (QED) is 0.803. The zero-order valence-electron chi connectivity index (χ0n) is 12.7. The number of hydrogen-bond acceptors (Lipinski definition) is 4. The van der Waals surface area contributed by atoms with E-state index >= 15 is 0 Å². The number of likely N-dealkylation sites (tertiary alicyclic amines) is 1. The van der Waals surface area contributed by atoms with Crippen molar-refractivity contribution in [3.63, 3.8) is 0 Å². The van der Waals surface area contributed by atoms with Gasteiger partial charge in [-0.3, -0.25) is 9.80 Å². The summed E-state index contributed by atoms with van der Waals surface area (Å²) in [6.45, 7) is 6.81. The van der Waals surface area contributed by atoms with Crippen LogP contribution >= 0.6 is 11.8 Å². The number of hydrogen-bond donors (Lipinski definition) is 2. The molecule has 0 aromatic carbocycles. The van der Waals surface area contributed by atoms with Crippen LogP contribution in [0.15, 0.2) is 0 Å². The highest BCUT2D eigenvalue weighted by Crippen LogP contribution is 2.31. The number of nitrogens with one attached hydrogen (secondary N) is 1. The zero-order chi connectivity index (χ0) is 15.4. The van der Waals surface area contributed by atoms with Gasteiger partial charge in [0.2, 0.25) is 0 Å². The molecule has 0 bridgehead atoms. The molecule has 2 heterocycles. The first-order valence-corrected chi connectivity index (χ1v) is 8.78. The van der Waals surface area contributed by atoms with Crippen LogP contribution in [0.5, 0.6) is 0 Å². The number of carboxylic acid groups (broad SMARTS) is 1. The molecule has 2 rings (SSSR count). The van der Waals surface area contributed by atoms with Gasteiger partial charge < -0.3 is 10.4 Å². The van der Waals surface area contributed by atoms with E-state index in [4.69, 9.17) is 0 Å².